The van der Waals surface area contributed by atoms with Crippen molar-refractivity contribution in [1.29, 1.82) is 0 Å². The first kappa shape index (κ1) is 15.2. The molecule has 1 aliphatic carbocycles. The Bertz CT molecular complexity index is 531. The quantitative estimate of drug-likeness (QED) is 0.874. The molecule has 2 fully saturated rings. The van der Waals surface area contributed by atoms with E-state index in [9.17, 15) is 9.90 Å². The number of aryl methyl sites for hydroxylation is 1. The van der Waals surface area contributed by atoms with E-state index in [1.54, 1.807) is 4.90 Å². The summed E-state index contributed by atoms with van der Waals surface area (Å²) in [6.07, 6.45) is 3.22. The number of nitrogens with one attached hydrogen (secondary N) is 1. The van der Waals surface area contributed by atoms with Gasteiger partial charge in [-0.25, -0.2) is 4.79 Å². The Balaban J connectivity index is 1.40. The summed E-state index contributed by atoms with van der Waals surface area (Å²) in [6.45, 7) is 4.00. The molecule has 2 aliphatic rings. The number of carbonyl (C=O) groups is 1. The smallest absolute Gasteiger partial charge is 0.317 e. The minimum Gasteiger partial charge on any atom is -0.487 e. The summed E-state index contributed by atoms with van der Waals surface area (Å²) in [6, 6.07) is 7.90. The molecule has 2 amide bonds. The molecule has 0 radical (unpaired) electrons. The molecule has 1 heterocycles. The van der Waals surface area contributed by atoms with Gasteiger partial charge in [-0.05, 0) is 37.5 Å². The van der Waals surface area contributed by atoms with Crippen LogP contribution in [0.2, 0.25) is 0 Å². The van der Waals surface area contributed by atoms with Gasteiger partial charge in [0.2, 0.25) is 0 Å². The topological polar surface area (TPSA) is 61.8 Å². The van der Waals surface area contributed by atoms with Gasteiger partial charge < -0.3 is 20.1 Å². The van der Waals surface area contributed by atoms with Crippen molar-refractivity contribution in [2.75, 3.05) is 26.2 Å². The molecule has 0 aromatic heterocycles. The van der Waals surface area contributed by atoms with Crippen LogP contribution in [0.3, 0.4) is 0 Å². The molecule has 1 saturated carbocycles. The van der Waals surface area contributed by atoms with Crippen molar-refractivity contribution in [2.45, 2.75) is 32.3 Å². The summed E-state index contributed by atoms with van der Waals surface area (Å²) in [5.74, 6) is 0.860. The van der Waals surface area contributed by atoms with E-state index in [2.05, 4.69) is 5.32 Å². The van der Waals surface area contributed by atoms with Gasteiger partial charge in [-0.15, -0.1) is 0 Å². The minimum absolute atomic E-state index is 0.0520. The van der Waals surface area contributed by atoms with Crippen LogP contribution in [0.5, 0.6) is 5.75 Å². The van der Waals surface area contributed by atoms with Crippen molar-refractivity contribution >= 4 is 6.03 Å². The number of likely N-dealkylation sites (tertiary alicyclic amines) is 1. The third kappa shape index (κ3) is 3.19. The van der Waals surface area contributed by atoms with Crippen LogP contribution in [0.15, 0.2) is 24.3 Å². The zero-order valence-electron chi connectivity index (χ0n) is 13.0. The Morgan fingerprint density at radius 1 is 1.45 bits per heavy atom. The number of aliphatic hydroxyl groups is 1. The molecule has 1 aromatic rings. The number of nitrogens with zero attached hydrogens (tertiary/aromatic N) is 1. The highest BCUT2D eigenvalue weighted by Crippen LogP contribution is 2.39. The number of ether oxygens (including phenoxy) is 1. The number of carbonyl (C=O) groups excluding carboxylic acids is 1. The molecule has 0 spiro atoms. The number of amides is 2. The average molecular weight is 304 g/mol. The maximum Gasteiger partial charge on any atom is 0.317 e. The molecule has 120 valence electrons. The Morgan fingerprint density at radius 2 is 2.23 bits per heavy atom. The third-order valence-electron chi connectivity index (χ3n) is 4.79. The van der Waals surface area contributed by atoms with E-state index < -0.39 is 0 Å². The lowest BCUT2D eigenvalue weighted by atomic mass is 9.69. The van der Waals surface area contributed by atoms with E-state index >= 15 is 0 Å². The molecule has 0 atom stereocenters. The lowest BCUT2D eigenvalue weighted by molar-refractivity contribution is 0.0302. The molecular formula is C17H24N2O3. The molecular weight excluding hydrogens is 280 g/mol. The van der Waals surface area contributed by atoms with Crippen molar-refractivity contribution in [3.63, 3.8) is 0 Å². The van der Waals surface area contributed by atoms with Gasteiger partial charge in [0.15, 0.2) is 0 Å². The van der Waals surface area contributed by atoms with Crippen LogP contribution in [0.4, 0.5) is 4.79 Å². The van der Waals surface area contributed by atoms with E-state index in [1.807, 2.05) is 31.2 Å². The fourth-order valence-corrected chi connectivity index (χ4v) is 3.00. The second kappa shape index (κ2) is 6.16. The summed E-state index contributed by atoms with van der Waals surface area (Å²) in [5.41, 5.74) is 1.10. The van der Waals surface area contributed by atoms with Crippen LogP contribution < -0.4 is 10.1 Å². The van der Waals surface area contributed by atoms with Crippen molar-refractivity contribution < 1.29 is 14.6 Å². The van der Waals surface area contributed by atoms with Crippen molar-refractivity contribution in [3.05, 3.63) is 29.8 Å². The van der Waals surface area contributed by atoms with E-state index in [0.717, 1.165) is 25.0 Å². The lowest BCUT2D eigenvalue weighted by Gasteiger charge is -2.42. The lowest BCUT2D eigenvalue weighted by Crippen LogP contribution is -2.60. The predicted molar refractivity (Wildman–Crippen MR) is 83.9 cm³/mol. The maximum absolute atomic E-state index is 12.1. The molecule has 0 bridgehead atoms. The fraction of sp³-hybridized carbons (Fsp3) is 0.588. The first-order valence-electron chi connectivity index (χ1n) is 7.97. The van der Waals surface area contributed by atoms with E-state index in [4.69, 9.17) is 4.74 Å². The first-order chi connectivity index (χ1) is 10.6. The van der Waals surface area contributed by atoms with Crippen LogP contribution in [0.25, 0.3) is 0 Å². The molecule has 22 heavy (non-hydrogen) atoms. The Kier molecular flexibility index (Phi) is 4.25. The molecule has 1 aliphatic heterocycles. The van der Waals surface area contributed by atoms with Crippen LogP contribution in [0, 0.1) is 12.3 Å². The number of benzene rings is 1. The molecule has 2 N–H and O–H groups in total. The highest BCUT2D eigenvalue weighted by molar-refractivity contribution is 5.75. The summed E-state index contributed by atoms with van der Waals surface area (Å²) in [7, 11) is 0. The van der Waals surface area contributed by atoms with E-state index in [0.29, 0.717) is 19.6 Å². The fourth-order valence-electron chi connectivity index (χ4n) is 3.00. The molecule has 5 heteroatoms. The standard InChI is InChI=1S/C17H24N2O3/c1-13-4-2-5-14(8-13)22-15-9-19(10-15)16(21)18-11-17(12-20)6-3-7-17/h2,4-5,8,15,20H,3,6-7,9-12H2,1H3,(H,18,21). The Labute approximate surface area is 131 Å². The number of urea groups is 1. The largest absolute Gasteiger partial charge is 0.487 e. The van der Waals surface area contributed by atoms with Crippen molar-refractivity contribution in [3.8, 4) is 5.75 Å². The summed E-state index contributed by atoms with van der Waals surface area (Å²) in [5, 5.41) is 12.3. The second-order valence-electron chi connectivity index (χ2n) is 6.63. The monoisotopic (exact) mass is 304 g/mol. The molecule has 1 saturated heterocycles. The summed E-state index contributed by atoms with van der Waals surface area (Å²) >= 11 is 0. The van der Waals surface area contributed by atoms with Gasteiger partial charge in [0.1, 0.15) is 11.9 Å². The van der Waals surface area contributed by atoms with Crippen molar-refractivity contribution in [1.82, 2.24) is 10.2 Å². The maximum atomic E-state index is 12.1. The number of aliphatic hydroxyl groups excluding tert-OH is 1. The summed E-state index contributed by atoms with van der Waals surface area (Å²) in [4.78, 5) is 13.8. The molecule has 5 nitrogen and oxygen atoms in total. The zero-order valence-corrected chi connectivity index (χ0v) is 13.0. The van der Waals surface area contributed by atoms with Crippen LogP contribution in [-0.2, 0) is 0 Å². The Morgan fingerprint density at radius 3 is 2.82 bits per heavy atom. The van der Waals surface area contributed by atoms with Gasteiger partial charge in [-0.3, -0.25) is 0 Å². The van der Waals surface area contributed by atoms with Crippen LogP contribution in [-0.4, -0.2) is 48.4 Å². The van der Waals surface area contributed by atoms with Gasteiger partial charge in [-0.2, -0.15) is 0 Å². The minimum atomic E-state index is -0.0714. The van der Waals surface area contributed by atoms with E-state index in [1.165, 1.54) is 5.56 Å². The number of hydrogen-bond donors (Lipinski definition) is 2. The van der Waals surface area contributed by atoms with Crippen molar-refractivity contribution in [2.24, 2.45) is 5.41 Å². The van der Waals surface area contributed by atoms with Gasteiger partial charge in [0, 0.05) is 12.0 Å². The average Bonchev–Trinajstić information content (AvgIpc) is 2.41. The predicted octanol–water partition coefficient (Wildman–Crippen LogP) is 1.93. The molecule has 0 unspecified atom stereocenters. The third-order valence-corrected chi connectivity index (χ3v) is 4.79. The van der Waals surface area contributed by atoms with Gasteiger partial charge in [0.25, 0.3) is 0 Å². The van der Waals surface area contributed by atoms with E-state index in [-0.39, 0.29) is 24.2 Å². The van der Waals surface area contributed by atoms with Gasteiger partial charge >= 0.3 is 6.03 Å². The SMILES string of the molecule is Cc1cccc(OC2CN(C(=O)NCC3(CO)CCC3)C2)c1. The Hall–Kier alpha value is -1.75. The van der Waals surface area contributed by atoms with Crippen LogP contribution in [0.1, 0.15) is 24.8 Å². The normalized spacial score (nSPS) is 20.0. The number of rotatable bonds is 5. The summed E-state index contributed by atoms with van der Waals surface area (Å²) < 4.78 is 5.85. The van der Waals surface area contributed by atoms with Crippen LogP contribution >= 0.6 is 0 Å². The number of hydrogen-bond acceptors (Lipinski definition) is 3. The highest BCUT2D eigenvalue weighted by Gasteiger charge is 2.38. The molecule has 1 aromatic carbocycles. The first-order valence-corrected chi connectivity index (χ1v) is 7.97. The molecule has 3 rings (SSSR count). The van der Waals surface area contributed by atoms with Gasteiger partial charge in [0.05, 0.1) is 19.7 Å². The zero-order chi connectivity index (χ0) is 15.6. The highest BCUT2D eigenvalue weighted by atomic mass is 16.5. The second-order valence-corrected chi connectivity index (χ2v) is 6.63. The van der Waals surface area contributed by atoms with Gasteiger partial charge in [-0.1, -0.05) is 18.6 Å².